The Morgan fingerprint density at radius 3 is 2.68 bits per heavy atom. The molecule has 25 heavy (non-hydrogen) atoms. The molecule has 0 saturated carbocycles. The molecule has 2 aromatic carbocycles. The van der Waals surface area contributed by atoms with Crippen LogP contribution in [0.15, 0.2) is 53.0 Å². The Bertz CT molecular complexity index is 916. The molecular formula is C20H20BrN3O. The number of halogens is 1. The molecule has 0 radical (unpaired) electrons. The van der Waals surface area contributed by atoms with Crippen molar-refractivity contribution in [2.24, 2.45) is 0 Å². The quantitative estimate of drug-likeness (QED) is 0.637. The molecule has 2 heterocycles. The second-order valence-electron chi connectivity index (χ2n) is 6.49. The molecule has 1 aromatic heterocycles. The van der Waals surface area contributed by atoms with Gasteiger partial charge in [-0.15, -0.1) is 0 Å². The van der Waals surface area contributed by atoms with Crippen molar-refractivity contribution in [2.75, 3.05) is 11.4 Å². The lowest BCUT2D eigenvalue weighted by Crippen LogP contribution is -2.24. The van der Waals surface area contributed by atoms with E-state index < -0.39 is 0 Å². The van der Waals surface area contributed by atoms with Crippen LogP contribution in [-0.2, 0) is 11.3 Å². The summed E-state index contributed by atoms with van der Waals surface area (Å²) in [6, 6.07) is 16.2. The summed E-state index contributed by atoms with van der Waals surface area (Å²) in [6.07, 6.45) is 1.56. The van der Waals surface area contributed by atoms with E-state index in [2.05, 4.69) is 33.5 Å². The number of amides is 1. The first-order valence-electron chi connectivity index (χ1n) is 8.68. The maximum atomic E-state index is 12.6. The monoisotopic (exact) mass is 397 g/mol. The number of carbonyl (C=O) groups is 1. The lowest BCUT2D eigenvalue weighted by Gasteiger charge is -2.17. The fourth-order valence-electron chi connectivity index (χ4n) is 3.62. The van der Waals surface area contributed by atoms with E-state index in [9.17, 15) is 4.79 Å². The SMILES string of the molecule is CCCn1c([C@H]2CC(=O)N(c3ccc(Br)cc3)C2)nc2ccccc21. The number of para-hydroxylation sites is 2. The van der Waals surface area contributed by atoms with E-state index >= 15 is 0 Å². The van der Waals surface area contributed by atoms with Crippen LogP contribution in [0.2, 0.25) is 0 Å². The van der Waals surface area contributed by atoms with Crippen LogP contribution in [0, 0.1) is 0 Å². The van der Waals surface area contributed by atoms with Gasteiger partial charge in [0.15, 0.2) is 0 Å². The number of aryl methyl sites for hydroxylation is 1. The van der Waals surface area contributed by atoms with Crippen LogP contribution in [0.4, 0.5) is 5.69 Å². The molecule has 1 saturated heterocycles. The van der Waals surface area contributed by atoms with Gasteiger partial charge in [-0.3, -0.25) is 4.79 Å². The minimum absolute atomic E-state index is 0.134. The van der Waals surface area contributed by atoms with Gasteiger partial charge in [0.1, 0.15) is 5.82 Å². The van der Waals surface area contributed by atoms with Crippen molar-refractivity contribution in [3.8, 4) is 0 Å². The highest BCUT2D eigenvalue weighted by Gasteiger charge is 2.34. The van der Waals surface area contributed by atoms with E-state index in [0.717, 1.165) is 40.0 Å². The summed E-state index contributed by atoms with van der Waals surface area (Å²) in [7, 11) is 0. The molecule has 4 rings (SSSR count). The number of anilines is 1. The van der Waals surface area contributed by atoms with Gasteiger partial charge in [0, 0.05) is 35.6 Å². The number of hydrogen-bond donors (Lipinski definition) is 0. The van der Waals surface area contributed by atoms with Crippen molar-refractivity contribution in [1.29, 1.82) is 0 Å². The molecule has 5 heteroatoms. The molecule has 1 atom stereocenters. The van der Waals surface area contributed by atoms with Gasteiger partial charge in [0.2, 0.25) is 5.91 Å². The van der Waals surface area contributed by atoms with E-state index in [1.165, 1.54) is 0 Å². The molecule has 1 aliphatic rings. The van der Waals surface area contributed by atoms with Gasteiger partial charge in [-0.2, -0.15) is 0 Å². The standard InChI is InChI=1S/C20H20BrN3O/c1-2-11-23-18-6-4-3-5-17(18)22-20(23)14-12-19(25)24(13-14)16-9-7-15(21)8-10-16/h3-10,14H,2,11-13H2,1H3/t14-/m0/s1. The van der Waals surface area contributed by atoms with E-state index in [1.54, 1.807) is 0 Å². The van der Waals surface area contributed by atoms with E-state index in [1.807, 2.05) is 47.4 Å². The summed E-state index contributed by atoms with van der Waals surface area (Å²) in [5, 5.41) is 0. The second-order valence-corrected chi connectivity index (χ2v) is 7.41. The number of nitrogens with zero attached hydrogens (tertiary/aromatic N) is 3. The summed E-state index contributed by atoms with van der Waals surface area (Å²) in [4.78, 5) is 19.4. The average molecular weight is 398 g/mol. The van der Waals surface area contributed by atoms with Crippen LogP contribution in [0.25, 0.3) is 11.0 Å². The Morgan fingerprint density at radius 1 is 1.16 bits per heavy atom. The fraction of sp³-hybridized carbons (Fsp3) is 0.300. The zero-order valence-corrected chi connectivity index (χ0v) is 15.7. The third kappa shape index (κ3) is 2.97. The second kappa shape index (κ2) is 6.64. The van der Waals surface area contributed by atoms with Gasteiger partial charge < -0.3 is 9.47 Å². The number of benzene rings is 2. The first-order valence-corrected chi connectivity index (χ1v) is 9.47. The van der Waals surface area contributed by atoms with Crippen molar-refractivity contribution in [3.05, 3.63) is 58.8 Å². The summed E-state index contributed by atoms with van der Waals surface area (Å²) in [6.45, 7) is 3.79. The van der Waals surface area contributed by atoms with Crippen LogP contribution in [0.5, 0.6) is 0 Å². The van der Waals surface area contributed by atoms with E-state index in [-0.39, 0.29) is 11.8 Å². The van der Waals surface area contributed by atoms with Crippen molar-refractivity contribution < 1.29 is 4.79 Å². The average Bonchev–Trinajstić information content (AvgIpc) is 3.17. The van der Waals surface area contributed by atoms with Gasteiger partial charge in [0.05, 0.1) is 11.0 Å². The van der Waals surface area contributed by atoms with E-state index in [4.69, 9.17) is 4.98 Å². The summed E-state index contributed by atoms with van der Waals surface area (Å²) in [5.74, 6) is 1.34. The highest BCUT2D eigenvalue weighted by molar-refractivity contribution is 9.10. The molecule has 4 nitrogen and oxygen atoms in total. The Hall–Kier alpha value is -2.14. The van der Waals surface area contributed by atoms with Crippen LogP contribution in [-0.4, -0.2) is 22.0 Å². The number of rotatable bonds is 4. The van der Waals surface area contributed by atoms with Crippen molar-refractivity contribution in [1.82, 2.24) is 9.55 Å². The molecule has 1 amide bonds. The molecule has 0 bridgehead atoms. The van der Waals surface area contributed by atoms with Crippen molar-refractivity contribution in [2.45, 2.75) is 32.2 Å². The third-order valence-electron chi connectivity index (χ3n) is 4.76. The molecule has 1 aliphatic heterocycles. The molecule has 0 aliphatic carbocycles. The lowest BCUT2D eigenvalue weighted by atomic mass is 10.1. The predicted molar refractivity (Wildman–Crippen MR) is 104 cm³/mol. The highest BCUT2D eigenvalue weighted by atomic mass is 79.9. The van der Waals surface area contributed by atoms with Crippen LogP contribution < -0.4 is 4.90 Å². The minimum Gasteiger partial charge on any atom is -0.328 e. The van der Waals surface area contributed by atoms with Crippen molar-refractivity contribution in [3.63, 3.8) is 0 Å². The minimum atomic E-state index is 0.134. The molecular weight excluding hydrogens is 378 g/mol. The number of hydrogen-bond acceptors (Lipinski definition) is 2. The van der Waals surface area contributed by atoms with Crippen LogP contribution >= 0.6 is 15.9 Å². The first kappa shape index (κ1) is 16.3. The molecule has 3 aromatic rings. The largest absolute Gasteiger partial charge is 0.328 e. The Balaban J connectivity index is 1.69. The summed E-state index contributed by atoms with van der Waals surface area (Å²) < 4.78 is 3.31. The number of imidazole rings is 1. The zero-order valence-electron chi connectivity index (χ0n) is 14.2. The lowest BCUT2D eigenvalue weighted by molar-refractivity contribution is -0.117. The highest BCUT2D eigenvalue weighted by Crippen LogP contribution is 2.33. The molecule has 0 spiro atoms. The Morgan fingerprint density at radius 2 is 1.92 bits per heavy atom. The first-order chi connectivity index (χ1) is 12.2. The fourth-order valence-corrected chi connectivity index (χ4v) is 3.88. The molecule has 0 N–H and O–H groups in total. The van der Waals surface area contributed by atoms with Gasteiger partial charge >= 0.3 is 0 Å². The zero-order chi connectivity index (χ0) is 17.4. The van der Waals surface area contributed by atoms with Gasteiger partial charge in [-0.1, -0.05) is 35.0 Å². The summed E-state index contributed by atoms with van der Waals surface area (Å²) >= 11 is 3.45. The van der Waals surface area contributed by atoms with Gasteiger partial charge in [0.25, 0.3) is 0 Å². The van der Waals surface area contributed by atoms with Gasteiger partial charge in [-0.05, 0) is 42.8 Å². The third-order valence-corrected chi connectivity index (χ3v) is 5.29. The van der Waals surface area contributed by atoms with E-state index in [0.29, 0.717) is 13.0 Å². The number of carbonyl (C=O) groups excluding carboxylic acids is 1. The molecule has 128 valence electrons. The summed E-state index contributed by atoms with van der Waals surface area (Å²) in [5.41, 5.74) is 3.13. The topological polar surface area (TPSA) is 38.1 Å². The predicted octanol–water partition coefficient (Wildman–Crippen LogP) is 4.73. The smallest absolute Gasteiger partial charge is 0.227 e. The Labute approximate surface area is 155 Å². The Kier molecular flexibility index (Phi) is 4.34. The number of aromatic nitrogens is 2. The van der Waals surface area contributed by atoms with Crippen molar-refractivity contribution >= 4 is 38.6 Å². The number of fused-ring (bicyclic) bond motifs is 1. The van der Waals surface area contributed by atoms with Crippen LogP contribution in [0.1, 0.15) is 31.5 Å². The maximum Gasteiger partial charge on any atom is 0.227 e. The molecule has 0 unspecified atom stereocenters. The molecule has 1 fully saturated rings. The maximum absolute atomic E-state index is 12.6. The normalized spacial score (nSPS) is 17.6. The van der Waals surface area contributed by atoms with Crippen LogP contribution in [0.3, 0.4) is 0 Å². The van der Waals surface area contributed by atoms with Gasteiger partial charge in [-0.25, -0.2) is 4.98 Å².